The fourth-order valence-electron chi connectivity index (χ4n) is 1.75. The summed E-state index contributed by atoms with van der Waals surface area (Å²) in [5.41, 5.74) is 2.05. The van der Waals surface area contributed by atoms with Gasteiger partial charge < -0.3 is 0 Å². The monoisotopic (exact) mass is 370 g/mol. The Morgan fingerprint density at radius 1 is 1.28 bits per heavy atom. The van der Waals surface area contributed by atoms with Crippen LogP contribution in [-0.2, 0) is 0 Å². The average molecular weight is 370 g/mol. The van der Waals surface area contributed by atoms with E-state index >= 15 is 0 Å². The third kappa shape index (κ3) is 1.89. The molecule has 18 heavy (non-hydrogen) atoms. The van der Waals surface area contributed by atoms with Crippen molar-refractivity contribution in [2.24, 2.45) is 0 Å². The first-order valence-corrected chi connectivity index (χ1v) is 6.60. The first-order chi connectivity index (χ1) is 8.65. The van der Waals surface area contributed by atoms with Gasteiger partial charge in [0.25, 0.3) is 0 Å². The largest absolute Gasteiger partial charge is 0.348 e. The molecule has 3 rings (SSSR count). The van der Waals surface area contributed by atoms with Crippen LogP contribution in [0.1, 0.15) is 0 Å². The third-order valence-electron chi connectivity index (χ3n) is 2.57. The van der Waals surface area contributed by atoms with Crippen molar-refractivity contribution in [3.8, 4) is 11.1 Å². The van der Waals surface area contributed by atoms with Crippen molar-refractivity contribution in [2.45, 2.75) is 0 Å². The number of aromatic amines is 2. The van der Waals surface area contributed by atoms with Crippen LogP contribution in [0.15, 0.2) is 35.3 Å². The van der Waals surface area contributed by atoms with Crippen LogP contribution >= 0.6 is 34.8 Å². The molecule has 0 fully saturated rings. The maximum Gasteiger partial charge on any atom is 0.348 e. The lowest BCUT2D eigenvalue weighted by molar-refractivity contribution is 0.833. The van der Waals surface area contributed by atoms with Crippen LogP contribution in [0.2, 0.25) is 0 Å². The van der Waals surface area contributed by atoms with Crippen LogP contribution in [0, 0.1) is 8.34 Å². The number of rotatable bonds is 1. The van der Waals surface area contributed by atoms with E-state index in [2.05, 4.69) is 37.7 Å². The summed E-state index contributed by atoms with van der Waals surface area (Å²) in [6.07, 6.45) is 1.74. The number of hydrogen-bond acceptors (Lipinski definition) is 3. The number of fused-ring (bicyclic) bond motifs is 1. The summed E-state index contributed by atoms with van der Waals surface area (Å²) in [5, 5.41) is 2.86. The van der Waals surface area contributed by atoms with Crippen molar-refractivity contribution in [3.05, 3.63) is 49.3 Å². The van der Waals surface area contributed by atoms with Gasteiger partial charge in [0.2, 0.25) is 4.77 Å². The number of benzene rings is 1. The molecule has 0 aliphatic rings. The van der Waals surface area contributed by atoms with Crippen LogP contribution in [0.3, 0.4) is 0 Å². The average Bonchev–Trinajstić information content (AvgIpc) is 2.74. The second-order valence-corrected chi connectivity index (χ2v) is 5.33. The fourth-order valence-corrected chi connectivity index (χ4v) is 2.29. The first-order valence-electron chi connectivity index (χ1n) is 5.11. The molecule has 0 atom stereocenters. The van der Waals surface area contributed by atoms with Gasteiger partial charge >= 0.3 is 5.69 Å². The van der Waals surface area contributed by atoms with Crippen molar-refractivity contribution in [2.75, 3.05) is 0 Å². The number of H-pyrrole nitrogens is 2. The molecule has 0 saturated carbocycles. The van der Waals surface area contributed by atoms with E-state index in [0.29, 0.717) is 5.65 Å². The molecule has 0 aliphatic heterocycles. The summed E-state index contributed by atoms with van der Waals surface area (Å²) >= 11 is 7.17. The van der Waals surface area contributed by atoms with Crippen LogP contribution < -0.4 is 5.69 Å². The van der Waals surface area contributed by atoms with E-state index in [9.17, 15) is 4.79 Å². The van der Waals surface area contributed by atoms with Crippen molar-refractivity contribution in [1.29, 1.82) is 0 Å². The Bertz CT molecular complexity index is 831. The lowest BCUT2D eigenvalue weighted by Crippen LogP contribution is -2.18. The molecule has 5 nitrogen and oxygen atoms in total. The molecular weight excluding hydrogens is 363 g/mol. The zero-order valence-electron chi connectivity index (χ0n) is 8.98. The summed E-state index contributed by atoms with van der Waals surface area (Å²) < 4.78 is 2.67. The SMILES string of the molecule is O=c1[nH]c(=S)nc2c(-c3ccc(I)cc3)c[nH]n12. The van der Waals surface area contributed by atoms with E-state index in [0.717, 1.165) is 14.7 Å². The molecule has 0 spiro atoms. The third-order valence-corrected chi connectivity index (χ3v) is 3.48. The summed E-state index contributed by atoms with van der Waals surface area (Å²) in [6.45, 7) is 0. The van der Waals surface area contributed by atoms with E-state index < -0.39 is 0 Å². The van der Waals surface area contributed by atoms with Crippen molar-refractivity contribution < 1.29 is 0 Å². The van der Waals surface area contributed by atoms with E-state index in [1.165, 1.54) is 4.52 Å². The topological polar surface area (TPSA) is 66.0 Å². The quantitative estimate of drug-likeness (QED) is 0.511. The predicted octanol–water partition coefficient (Wildman–Crippen LogP) is 2.35. The normalized spacial score (nSPS) is 10.9. The van der Waals surface area contributed by atoms with Gasteiger partial charge in [-0.1, -0.05) is 12.1 Å². The van der Waals surface area contributed by atoms with Gasteiger partial charge in [-0.25, -0.2) is 4.79 Å². The van der Waals surface area contributed by atoms with E-state index in [1.807, 2.05) is 24.3 Å². The molecule has 2 N–H and O–H groups in total. The Balaban J connectivity index is 2.33. The highest BCUT2D eigenvalue weighted by Gasteiger charge is 2.08. The van der Waals surface area contributed by atoms with E-state index in [4.69, 9.17) is 12.2 Å². The maximum atomic E-state index is 11.7. The molecule has 0 radical (unpaired) electrons. The minimum atomic E-state index is -0.318. The molecule has 1 aromatic carbocycles. The Labute approximate surface area is 120 Å². The van der Waals surface area contributed by atoms with Gasteiger partial charge in [-0.2, -0.15) is 9.50 Å². The summed E-state index contributed by atoms with van der Waals surface area (Å²) in [7, 11) is 0. The van der Waals surface area contributed by atoms with E-state index in [-0.39, 0.29) is 10.5 Å². The Kier molecular flexibility index (Phi) is 2.78. The molecule has 0 saturated heterocycles. The number of aromatic nitrogens is 4. The van der Waals surface area contributed by atoms with Crippen molar-refractivity contribution in [3.63, 3.8) is 0 Å². The van der Waals surface area contributed by atoms with Gasteiger partial charge in [0.1, 0.15) is 0 Å². The Hall–Kier alpha value is -1.48. The molecule has 3 aromatic rings. The number of hydrogen-bond donors (Lipinski definition) is 2. The van der Waals surface area contributed by atoms with Crippen LogP contribution in [0.4, 0.5) is 0 Å². The van der Waals surface area contributed by atoms with Gasteiger partial charge in [0, 0.05) is 15.3 Å². The Morgan fingerprint density at radius 3 is 2.72 bits per heavy atom. The predicted molar refractivity (Wildman–Crippen MR) is 79.2 cm³/mol. The first kappa shape index (κ1) is 11.6. The van der Waals surface area contributed by atoms with Gasteiger partial charge in [-0.15, -0.1) is 0 Å². The Morgan fingerprint density at radius 2 is 2.00 bits per heavy atom. The second kappa shape index (κ2) is 4.32. The lowest BCUT2D eigenvalue weighted by atomic mass is 10.1. The van der Waals surface area contributed by atoms with Crippen molar-refractivity contribution in [1.82, 2.24) is 19.6 Å². The smallest absolute Gasteiger partial charge is 0.295 e. The molecule has 0 unspecified atom stereocenters. The molecule has 0 bridgehead atoms. The molecule has 2 aromatic heterocycles. The lowest BCUT2D eigenvalue weighted by Gasteiger charge is -1.98. The van der Waals surface area contributed by atoms with Crippen molar-refractivity contribution >= 4 is 40.5 Å². The standard InChI is InChI=1S/C11H7IN4OS/c12-7-3-1-6(2-4-7)8-5-13-16-9(8)14-10(18)15-11(16)17/h1-5,13H,(H,15,17,18). The molecule has 90 valence electrons. The van der Waals surface area contributed by atoms with E-state index in [1.54, 1.807) is 6.20 Å². The molecule has 7 heteroatoms. The summed E-state index contributed by atoms with van der Waals surface area (Å²) in [5.74, 6) is 0. The minimum absolute atomic E-state index is 0.186. The number of nitrogens with zero attached hydrogens (tertiary/aromatic N) is 2. The van der Waals surface area contributed by atoms with Gasteiger partial charge in [-0.3, -0.25) is 10.1 Å². The summed E-state index contributed by atoms with van der Waals surface area (Å²) in [4.78, 5) is 18.3. The van der Waals surface area contributed by atoms with Gasteiger partial charge in [0.15, 0.2) is 5.65 Å². The highest BCUT2D eigenvalue weighted by Crippen LogP contribution is 2.22. The molecule has 0 aliphatic carbocycles. The molecular formula is C11H7IN4OS. The summed E-state index contributed by atoms with van der Waals surface area (Å²) in [6, 6.07) is 7.97. The number of nitrogens with one attached hydrogen (secondary N) is 2. The van der Waals surface area contributed by atoms with Crippen LogP contribution in [0.25, 0.3) is 16.8 Å². The van der Waals surface area contributed by atoms with Crippen LogP contribution in [-0.4, -0.2) is 19.6 Å². The highest BCUT2D eigenvalue weighted by molar-refractivity contribution is 14.1. The minimum Gasteiger partial charge on any atom is -0.295 e. The molecule has 2 heterocycles. The van der Waals surface area contributed by atoms with Gasteiger partial charge in [-0.05, 0) is 52.5 Å². The highest BCUT2D eigenvalue weighted by atomic mass is 127. The van der Waals surface area contributed by atoms with Gasteiger partial charge in [0.05, 0.1) is 0 Å². The zero-order valence-corrected chi connectivity index (χ0v) is 11.9. The molecule has 0 amide bonds. The fraction of sp³-hybridized carbons (Fsp3) is 0. The van der Waals surface area contributed by atoms with Crippen LogP contribution in [0.5, 0.6) is 0 Å². The zero-order chi connectivity index (χ0) is 12.7. The second-order valence-electron chi connectivity index (χ2n) is 3.70. The maximum absolute atomic E-state index is 11.7. The number of halogens is 1.